The lowest BCUT2D eigenvalue weighted by Gasteiger charge is -2.26. The van der Waals surface area contributed by atoms with Crippen LogP contribution in [0, 0.1) is 5.41 Å². The van der Waals surface area contributed by atoms with Gasteiger partial charge in [-0.25, -0.2) is 4.98 Å². The fourth-order valence-electron chi connectivity index (χ4n) is 2.64. The maximum Gasteiger partial charge on any atom is 0.203 e. The van der Waals surface area contributed by atoms with Crippen molar-refractivity contribution in [3.8, 4) is 0 Å². The van der Waals surface area contributed by atoms with E-state index in [1.807, 2.05) is 10.6 Å². The van der Waals surface area contributed by atoms with Crippen LogP contribution in [-0.2, 0) is 0 Å². The highest BCUT2D eigenvalue weighted by atomic mass is 35.5. The zero-order valence-electron chi connectivity index (χ0n) is 10.1. The van der Waals surface area contributed by atoms with E-state index in [-0.39, 0.29) is 5.41 Å². The Balaban J connectivity index is 1.78. The van der Waals surface area contributed by atoms with Crippen molar-refractivity contribution < 1.29 is 0 Å². The first-order valence-corrected chi connectivity index (χ1v) is 6.81. The molecule has 1 fully saturated rings. The van der Waals surface area contributed by atoms with E-state index < -0.39 is 0 Å². The van der Waals surface area contributed by atoms with E-state index in [0.717, 1.165) is 18.0 Å². The van der Waals surface area contributed by atoms with Crippen LogP contribution in [0.25, 0.3) is 5.65 Å². The van der Waals surface area contributed by atoms with Gasteiger partial charge in [0.15, 0.2) is 5.82 Å². The van der Waals surface area contributed by atoms with Crippen molar-refractivity contribution in [1.29, 1.82) is 0 Å². The molecule has 5 nitrogen and oxygen atoms in total. The van der Waals surface area contributed by atoms with Crippen LogP contribution in [0.4, 0.5) is 5.82 Å². The summed E-state index contributed by atoms with van der Waals surface area (Å²) in [5.74, 6) is 1.49. The highest BCUT2D eigenvalue weighted by Gasteiger charge is 2.33. The lowest BCUT2D eigenvalue weighted by atomic mass is 9.88. The zero-order valence-corrected chi connectivity index (χ0v) is 10.9. The van der Waals surface area contributed by atoms with Crippen molar-refractivity contribution >= 4 is 23.1 Å². The van der Waals surface area contributed by atoms with Crippen molar-refractivity contribution in [1.82, 2.24) is 19.6 Å². The van der Waals surface area contributed by atoms with E-state index in [9.17, 15) is 0 Å². The lowest BCUT2D eigenvalue weighted by molar-refractivity contribution is 0.368. The molecule has 2 aromatic rings. The minimum Gasteiger partial charge on any atom is -0.366 e. The molecule has 18 heavy (non-hydrogen) atoms. The van der Waals surface area contributed by atoms with Gasteiger partial charge in [-0.05, 0) is 12.8 Å². The molecular weight excluding hydrogens is 250 g/mol. The normalized spacial score (nSPS) is 18.3. The average molecular weight is 266 g/mol. The Morgan fingerprint density at radius 1 is 1.39 bits per heavy atom. The summed E-state index contributed by atoms with van der Waals surface area (Å²) in [5, 5.41) is 11.3. The number of hydrogen-bond acceptors (Lipinski definition) is 4. The summed E-state index contributed by atoms with van der Waals surface area (Å²) in [4.78, 5) is 4.33. The van der Waals surface area contributed by atoms with Crippen molar-refractivity contribution in [3.05, 3.63) is 18.7 Å². The van der Waals surface area contributed by atoms with E-state index in [4.69, 9.17) is 11.6 Å². The van der Waals surface area contributed by atoms with Gasteiger partial charge in [0, 0.05) is 30.2 Å². The topological polar surface area (TPSA) is 55.1 Å². The van der Waals surface area contributed by atoms with Crippen LogP contribution >= 0.6 is 11.6 Å². The number of anilines is 1. The van der Waals surface area contributed by atoms with Crippen LogP contribution in [0.1, 0.15) is 25.7 Å². The summed E-state index contributed by atoms with van der Waals surface area (Å²) in [6, 6.07) is 0. The molecule has 2 heterocycles. The van der Waals surface area contributed by atoms with Gasteiger partial charge < -0.3 is 5.32 Å². The highest BCUT2D eigenvalue weighted by Crippen LogP contribution is 2.39. The number of halogens is 1. The monoisotopic (exact) mass is 265 g/mol. The Labute approximate surface area is 111 Å². The van der Waals surface area contributed by atoms with Crippen molar-refractivity contribution in [3.63, 3.8) is 0 Å². The number of rotatable bonds is 4. The quantitative estimate of drug-likeness (QED) is 0.862. The maximum atomic E-state index is 6.13. The second-order valence-electron chi connectivity index (χ2n) is 5.03. The SMILES string of the molecule is ClCC1(CNc2nccn3cnnc23)CCCC1. The van der Waals surface area contributed by atoms with Gasteiger partial charge in [-0.2, -0.15) is 0 Å². The molecule has 6 heteroatoms. The molecule has 0 saturated heterocycles. The van der Waals surface area contributed by atoms with Crippen LogP contribution in [-0.4, -0.2) is 32.0 Å². The zero-order chi connectivity index (χ0) is 12.4. The van der Waals surface area contributed by atoms with Gasteiger partial charge in [0.25, 0.3) is 0 Å². The molecule has 1 aliphatic rings. The van der Waals surface area contributed by atoms with Crippen LogP contribution < -0.4 is 5.32 Å². The Morgan fingerprint density at radius 3 is 3.00 bits per heavy atom. The number of nitrogens with one attached hydrogen (secondary N) is 1. The van der Waals surface area contributed by atoms with Crippen LogP contribution in [0.2, 0.25) is 0 Å². The molecule has 1 aliphatic carbocycles. The molecule has 0 spiro atoms. The standard InChI is InChI=1S/C12H16ClN5/c13-7-12(3-1-2-4-12)8-15-10-11-17-16-9-18(11)6-5-14-10/h5-6,9H,1-4,7-8H2,(H,14,15). The molecule has 1 saturated carbocycles. The first-order valence-electron chi connectivity index (χ1n) is 6.27. The Morgan fingerprint density at radius 2 is 2.22 bits per heavy atom. The van der Waals surface area contributed by atoms with Crippen LogP contribution in [0.3, 0.4) is 0 Å². The summed E-state index contributed by atoms with van der Waals surface area (Å²) in [7, 11) is 0. The molecule has 0 bridgehead atoms. The third-order valence-corrected chi connectivity index (χ3v) is 4.36. The maximum absolute atomic E-state index is 6.13. The summed E-state index contributed by atoms with van der Waals surface area (Å²) >= 11 is 6.13. The first-order chi connectivity index (χ1) is 8.83. The van der Waals surface area contributed by atoms with Gasteiger partial charge in [-0.15, -0.1) is 21.8 Å². The smallest absolute Gasteiger partial charge is 0.203 e. The third kappa shape index (κ3) is 2.03. The Bertz CT molecular complexity index is 532. The van der Waals surface area contributed by atoms with Crippen LogP contribution in [0.5, 0.6) is 0 Å². The van der Waals surface area contributed by atoms with E-state index in [2.05, 4.69) is 20.5 Å². The number of fused-ring (bicyclic) bond motifs is 1. The molecule has 0 aliphatic heterocycles. The van der Waals surface area contributed by atoms with Crippen LogP contribution in [0.15, 0.2) is 18.7 Å². The average Bonchev–Trinajstić information content (AvgIpc) is 3.06. The molecule has 96 valence electrons. The van der Waals surface area contributed by atoms with Crippen molar-refractivity contribution in [2.45, 2.75) is 25.7 Å². The van der Waals surface area contributed by atoms with Gasteiger partial charge in [0.2, 0.25) is 5.65 Å². The molecular formula is C12H16ClN5. The number of nitrogens with zero attached hydrogens (tertiary/aromatic N) is 4. The molecule has 0 unspecified atom stereocenters. The van der Waals surface area contributed by atoms with E-state index >= 15 is 0 Å². The molecule has 0 amide bonds. The van der Waals surface area contributed by atoms with E-state index in [1.54, 1.807) is 12.5 Å². The first kappa shape index (κ1) is 11.7. The van der Waals surface area contributed by atoms with Crippen molar-refractivity contribution in [2.24, 2.45) is 5.41 Å². The predicted molar refractivity (Wildman–Crippen MR) is 70.9 cm³/mol. The minimum atomic E-state index is 0.218. The van der Waals surface area contributed by atoms with E-state index in [0.29, 0.717) is 5.88 Å². The Hall–Kier alpha value is -1.36. The molecule has 0 aromatic carbocycles. The second-order valence-corrected chi connectivity index (χ2v) is 5.30. The summed E-state index contributed by atoms with van der Waals surface area (Å²) in [6.45, 7) is 0.857. The van der Waals surface area contributed by atoms with Gasteiger partial charge in [-0.1, -0.05) is 12.8 Å². The summed E-state index contributed by atoms with van der Waals surface area (Å²) < 4.78 is 1.86. The number of alkyl halides is 1. The van der Waals surface area contributed by atoms with Crippen molar-refractivity contribution in [2.75, 3.05) is 17.7 Å². The fraction of sp³-hybridized carbons (Fsp3) is 0.583. The summed E-state index contributed by atoms with van der Waals surface area (Å²) in [5.41, 5.74) is 0.982. The number of hydrogen-bond donors (Lipinski definition) is 1. The molecule has 3 rings (SSSR count). The molecule has 1 N–H and O–H groups in total. The third-order valence-electron chi connectivity index (χ3n) is 3.79. The summed E-state index contributed by atoms with van der Waals surface area (Å²) in [6.07, 6.45) is 10.2. The Kier molecular flexibility index (Phi) is 3.07. The van der Waals surface area contributed by atoms with Gasteiger partial charge in [-0.3, -0.25) is 4.40 Å². The lowest BCUT2D eigenvalue weighted by Crippen LogP contribution is -2.29. The largest absolute Gasteiger partial charge is 0.366 e. The fourth-order valence-corrected chi connectivity index (χ4v) is 3.00. The predicted octanol–water partition coefficient (Wildman–Crippen LogP) is 2.34. The molecule has 0 atom stereocenters. The molecule has 0 radical (unpaired) electrons. The number of aromatic nitrogens is 4. The van der Waals surface area contributed by atoms with Gasteiger partial charge in [0.1, 0.15) is 6.33 Å². The highest BCUT2D eigenvalue weighted by molar-refractivity contribution is 6.18. The minimum absolute atomic E-state index is 0.218. The van der Waals surface area contributed by atoms with Gasteiger partial charge >= 0.3 is 0 Å². The van der Waals surface area contributed by atoms with E-state index in [1.165, 1.54) is 25.7 Å². The second kappa shape index (κ2) is 4.72. The van der Waals surface area contributed by atoms with Gasteiger partial charge in [0.05, 0.1) is 0 Å². The molecule has 2 aromatic heterocycles.